The number of carbonyl (C=O) groups excluding carboxylic acids is 2. The van der Waals surface area contributed by atoms with Gasteiger partial charge in [-0.25, -0.2) is 4.68 Å². The van der Waals surface area contributed by atoms with Gasteiger partial charge in [-0.05, 0) is 12.1 Å². The van der Waals surface area contributed by atoms with Gasteiger partial charge in [0.05, 0.1) is 11.1 Å². The van der Waals surface area contributed by atoms with Gasteiger partial charge in [0.15, 0.2) is 0 Å². The molecule has 1 aliphatic rings. The maximum atomic E-state index is 11.9. The summed E-state index contributed by atoms with van der Waals surface area (Å²) < 4.78 is 1.27. The lowest BCUT2D eigenvalue weighted by Gasteiger charge is -2.12. The predicted octanol–water partition coefficient (Wildman–Crippen LogP) is 0.210. The van der Waals surface area contributed by atoms with Gasteiger partial charge in [0.25, 0.3) is 11.8 Å². The molecular weight excluding hydrogens is 208 g/mol. The van der Waals surface area contributed by atoms with Gasteiger partial charge >= 0.3 is 0 Å². The minimum absolute atomic E-state index is 0.361. The van der Waals surface area contributed by atoms with E-state index in [9.17, 15) is 9.59 Å². The van der Waals surface area contributed by atoms with Crippen LogP contribution in [0.15, 0.2) is 36.9 Å². The fourth-order valence-corrected chi connectivity index (χ4v) is 1.68. The van der Waals surface area contributed by atoms with Crippen LogP contribution in [0.2, 0.25) is 0 Å². The van der Waals surface area contributed by atoms with Crippen LogP contribution in [0.4, 0.5) is 0 Å². The summed E-state index contributed by atoms with van der Waals surface area (Å²) >= 11 is 0. The molecule has 3 rings (SSSR count). The van der Waals surface area contributed by atoms with Gasteiger partial charge in [0.2, 0.25) is 0 Å². The molecule has 0 bridgehead atoms. The molecule has 0 fully saturated rings. The average Bonchev–Trinajstić information content (AvgIpc) is 2.89. The molecule has 2 amide bonds. The number of hydrogen-bond donors (Lipinski definition) is 0. The van der Waals surface area contributed by atoms with E-state index in [0.29, 0.717) is 11.1 Å². The van der Waals surface area contributed by atoms with E-state index in [4.69, 9.17) is 0 Å². The number of nitrogens with zero attached hydrogens (tertiary/aromatic N) is 4. The zero-order valence-electron chi connectivity index (χ0n) is 8.07. The van der Waals surface area contributed by atoms with E-state index in [1.807, 2.05) is 0 Å². The highest BCUT2D eigenvalue weighted by atomic mass is 16.2. The maximum absolute atomic E-state index is 11.9. The standard InChI is InChI=1S/C10H6N4O2/c15-9-7-3-1-2-4-8(7)10(16)14(9)13-5-11-12-6-13/h1-6H. The Balaban J connectivity index is 2.15. The fraction of sp³-hybridized carbons (Fsp3) is 0. The molecular formula is C10H6N4O2. The van der Waals surface area contributed by atoms with Crippen LogP contribution in [0.1, 0.15) is 20.7 Å². The van der Waals surface area contributed by atoms with Gasteiger partial charge in [0.1, 0.15) is 12.7 Å². The highest BCUT2D eigenvalue weighted by Crippen LogP contribution is 2.20. The van der Waals surface area contributed by atoms with Crippen molar-refractivity contribution in [1.29, 1.82) is 0 Å². The molecule has 1 aliphatic heterocycles. The van der Waals surface area contributed by atoms with Crippen LogP contribution in [0, 0.1) is 0 Å². The van der Waals surface area contributed by atoms with Gasteiger partial charge in [0, 0.05) is 0 Å². The molecule has 6 heteroatoms. The third-order valence-electron chi connectivity index (χ3n) is 2.41. The molecule has 16 heavy (non-hydrogen) atoms. The van der Waals surface area contributed by atoms with E-state index in [-0.39, 0.29) is 11.8 Å². The Morgan fingerprint density at radius 1 is 0.875 bits per heavy atom. The number of imide groups is 1. The van der Waals surface area contributed by atoms with Crippen LogP contribution < -0.4 is 5.01 Å². The lowest BCUT2D eigenvalue weighted by Crippen LogP contribution is -2.38. The molecule has 1 aromatic carbocycles. The van der Waals surface area contributed by atoms with E-state index < -0.39 is 0 Å². The Bertz CT molecular complexity index is 541. The third kappa shape index (κ3) is 1.01. The second-order valence-electron chi connectivity index (χ2n) is 3.31. The molecule has 0 saturated carbocycles. The second-order valence-corrected chi connectivity index (χ2v) is 3.31. The summed E-state index contributed by atoms with van der Waals surface area (Å²) in [6.45, 7) is 0. The van der Waals surface area contributed by atoms with E-state index >= 15 is 0 Å². The topological polar surface area (TPSA) is 68.1 Å². The molecule has 0 unspecified atom stereocenters. The lowest BCUT2D eigenvalue weighted by molar-refractivity contribution is 0.0886. The highest BCUT2D eigenvalue weighted by Gasteiger charge is 2.36. The Morgan fingerprint density at radius 2 is 1.38 bits per heavy atom. The minimum atomic E-state index is -0.361. The summed E-state index contributed by atoms with van der Waals surface area (Å²) in [5.41, 5.74) is 0.808. The van der Waals surface area contributed by atoms with E-state index in [1.54, 1.807) is 24.3 Å². The Kier molecular flexibility index (Phi) is 1.64. The first-order chi connectivity index (χ1) is 7.79. The van der Waals surface area contributed by atoms with E-state index in [0.717, 1.165) is 5.01 Å². The number of hydrogen-bond acceptors (Lipinski definition) is 4. The van der Waals surface area contributed by atoms with Crippen molar-refractivity contribution in [2.24, 2.45) is 0 Å². The monoisotopic (exact) mass is 214 g/mol. The molecule has 0 atom stereocenters. The molecule has 0 radical (unpaired) electrons. The van der Waals surface area contributed by atoms with Gasteiger partial charge < -0.3 is 0 Å². The number of rotatable bonds is 1. The van der Waals surface area contributed by atoms with Gasteiger partial charge in [-0.15, -0.1) is 10.2 Å². The normalized spacial score (nSPS) is 14.4. The van der Waals surface area contributed by atoms with Crippen molar-refractivity contribution in [2.75, 3.05) is 5.01 Å². The highest BCUT2D eigenvalue weighted by molar-refractivity contribution is 6.30. The summed E-state index contributed by atoms with van der Waals surface area (Å²) in [5.74, 6) is -0.721. The molecule has 2 aromatic rings. The molecule has 78 valence electrons. The quantitative estimate of drug-likeness (QED) is 0.636. The van der Waals surface area contributed by atoms with Crippen LogP contribution in [0.5, 0.6) is 0 Å². The SMILES string of the molecule is O=C1c2ccccc2C(=O)N1n1cnnc1. The van der Waals surface area contributed by atoms with E-state index in [1.165, 1.54) is 17.3 Å². The molecule has 0 aliphatic carbocycles. The molecule has 6 nitrogen and oxygen atoms in total. The van der Waals surface area contributed by atoms with Crippen LogP contribution in [-0.4, -0.2) is 26.7 Å². The molecule has 0 N–H and O–H groups in total. The molecule has 1 aromatic heterocycles. The van der Waals surface area contributed by atoms with Crippen molar-refractivity contribution >= 4 is 11.8 Å². The first-order valence-corrected chi connectivity index (χ1v) is 4.62. The molecule has 0 spiro atoms. The predicted molar refractivity (Wildman–Crippen MR) is 53.3 cm³/mol. The Morgan fingerprint density at radius 3 is 1.88 bits per heavy atom. The Hall–Kier alpha value is -2.50. The smallest absolute Gasteiger partial charge is 0.267 e. The molecule has 0 saturated heterocycles. The lowest BCUT2D eigenvalue weighted by atomic mass is 10.1. The van der Waals surface area contributed by atoms with Crippen molar-refractivity contribution in [3.05, 3.63) is 48.0 Å². The molecule has 2 heterocycles. The van der Waals surface area contributed by atoms with Gasteiger partial charge in [-0.3, -0.25) is 9.59 Å². The summed E-state index contributed by atoms with van der Waals surface area (Å²) in [4.78, 5) is 23.9. The van der Waals surface area contributed by atoms with Crippen molar-refractivity contribution in [3.8, 4) is 0 Å². The fourth-order valence-electron chi connectivity index (χ4n) is 1.68. The number of amides is 2. The second kappa shape index (κ2) is 2.99. The van der Waals surface area contributed by atoms with Crippen LogP contribution in [-0.2, 0) is 0 Å². The zero-order chi connectivity index (χ0) is 11.1. The average molecular weight is 214 g/mol. The summed E-state index contributed by atoms with van der Waals surface area (Å²) in [5, 5.41) is 8.14. The van der Waals surface area contributed by atoms with Crippen molar-refractivity contribution < 1.29 is 9.59 Å². The largest absolute Gasteiger partial charge is 0.281 e. The third-order valence-corrected chi connectivity index (χ3v) is 2.41. The van der Waals surface area contributed by atoms with Crippen molar-refractivity contribution in [2.45, 2.75) is 0 Å². The number of carbonyl (C=O) groups is 2. The van der Waals surface area contributed by atoms with Crippen molar-refractivity contribution in [1.82, 2.24) is 14.9 Å². The first kappa shape index (κ1) is 8.78. The van der Waals surface area contributed by atoms with Crippen LogP contribution >= 0.6 is 0 Å². The summed E-state index contributed by atoms with van der Waals surface area (Å²) in [7, 11) is 0. The van der Waals surface area contributed by atoms with Gasteiger partial charge in [-0.2, -0.15) is 5.01 Å². The minimum Gasteiger partial charge on any atom is -0.267 e. The Labute approximate surface area is 90.1 Å². The van der Waals surface area contributed by atoms with Crippen molar-refractivity contribution in [3.63, 3.8) is 0 Å². The van der Waals surface area contributed by atoms with Gasteiger partial charge in [-0.1, -0.05) is 12.1 Å². The maximum Gasteiger partial charge on any atom is 0.281 e. The number of benzene rings is 1. The zero-order valence-corrected chi connectivity index (χ0v) is 8.07. The summed E-state index contributed by atoms with van der Waals surface area (Å²) in [6, 6.07) is 6.69. The number of fused-ring (bicyclic) bond motifs is 1. The summed E-state index contributed by atoms with van der Waals surface area (Å²) in [6.07, 6.45) is 2.61. The van der Waals surface area contributed by atoms with Crippen LogP contribution in [0.25, 0.3) is 0 Å². The van der Waals surface area contributed by atoms with E-state index in [2.05, 4.69) is 10.2 Å². The first-order valence-electron chi connectivity index (χ1n) is 4.62. The van der Waals surface area contributed by atoms with Crippen LogP contribution in [0.3, 0.4) is 0 Å². The number of aromatic nitrogens is 3.